The highest BCUT2D eigenvalue weighted by molar-refractivity contribution is 9.13. The van der Waals surface area contributed by atoms with Gasteiger partial charge < -0.3 is 5.32 Å². The molecule has 0 aliphatic heterocycles. The summed E-state index contributed by atoms with van der Waals surface area (Å²) in [6.45, 7) is 2.98. The number of halogens is 3. The van der Waals surface area contributed by atoms with Gasteiger partial charge in [0.1, 0.15) is 0 Å². The molecular weight excluding hydrogens is 389 g/mol. The van der Waals surface area contributed by atoms with Gasteiger partial charge in [0.15, 0.2) is 0 Å². The molecular formula is C15H14Br2ClN. The van der Waals surface area contributed by atoms with Crippen LogP contribution in [0.1, 0.15) is 24.1 Å². The van der Waals surface area contributed by atoms with E-state index >= 15 is 0 Å². The Kier molecular flexibility index (Phi) is 5.46. The molecule has 0 saturated carbocycles. The van der Waals surface area contributed by atoms with Gasteiger partial charge in [-0.2, -0.15) is 0 Å². The fourth-order valence-corrected chi connectivity index (χ4v) is 2.59. The number of nitrogens with one attached hydrogen (secondary N) is 1. The predicted molar refractivity (Wildman–Crippen MR) is 88.5 cm³/mol. The van der Waals surface area contributed by atoms with E-state index in [1.807, 2.05) is 18.2 Å². The van der Waals surface area contributed by atoms with Gasteiger partial charge in [0.25, 0.3) is 0 Å². The molecule has 1 nitrogen and oxygen atoms in total. The lowest BCUT2D eigenvalue weighted by Gasteiger charge is -2.14. The Hall–Kier alpha value is -0.350. The molecule has 2 aromatic rings. The molecule has 1 atom stereocenters. The van der Waals surface area contributed by atoms with Crippen LogP contribution in [0.5, 0.6) is 0 Å². The molecule has 0 unspecified atom stereocenters. The SMILES string of the molecule is C[C@H](NCc1ccc(Br)c(Br)c1)c1ccc(Cl)cc1. The summed E-state index contributed by atoms with van der Waals surface area (Å²) >= 11 is 12.9. The summed E-state index contributed by atoms with van der Waals surface area (Å²) in [4.78, 5) is 0. The van der Waals surface area contributed by atoms with E-state index in [9.17, 15) is 0 Å². The third kappa shape index (κ3) is 4.32. The molecule has 0 aliphatic rings. The van der Waals surface area contributed by atoms with E-state index in [1.54, 1.807) is 0 Å². The average Bonchev–Trinajstić information content (AvgIpc) is 2.40. The van der Waals surface area contributed by atoms with E-state index in [4.69, 9.17) is 11.6 Å². The van der Waals surface area contributed by atoms with Crippen molar-refractivity contribution in [2.75, 3.05) is 0 Å². The Morgan fingerprint density at radius 2 is 1.74 bits per heavy atom. The fraction of sp³-hybridized carbons (Fsp3) is 0.200. The summed E-state index contributed by atoms with van der Waals surface area (Å²) in [6.07, 6.45) is 0. The average molecular weight is 404 g/mol. The molecule has 0 aromatic heterocycles. The minimum atomic E-state index is 0.291. The van der Waals surface area contributed by atoms with Crippen LogP contribution < -0.4 is 5.32 Å². The number of hydrogen-bond acceptors (Lipinski definition) is 1. The van der Waals surface area contributed by atoms with Crippen LogP contribution in [0.4, 0.5) is 0 Å². The van der Waals surface area contributed by atoms with Gasteiger partial charge in [-0.1, -0.05) is 29.8 Å². The maximum Gasteiger partial charge on any atom is 0.0406 e. The zero-order valence-electron chi connectivity index (χ0n) is 10.5. The lowest BCUT2D eigenvalue weighted by atomic mass is 10.1. The Bertz CT molecular complexity index is 555. The van der Waals surface area contributed by atoms with Crippen LogP contribution in [0.2, 0.25) is 5.02 Å². The van der Waals surface area contributed by atoms with Crippen molar-refractivity contribution in [1.29, 1.82) is 0 Å². The molecule has 19 heavy (non-hydrogen) atoms. The molecule has 0 fully saturated rings. The summed E-state index contributed by atoms with van der Waals surface area (Å²) in [6, 6.07) is 14.5. The highest BCUT2D eigenvalue weighted by Crippen LogP contribution is 2.24. The third-order valence-corrected chi connectivity index (χ3v) is 5.10. The van der Waals surface area contributed by atoms with Gasteiger partial charge in [0.05, 0.1) is 0 Å². The largest absolute Gasteiger partial charge is 0.306 e. The number of benzene rings is 2. The summed E-state index contributed by atoms with van der Waals surface area (Å²) in [5.74, 6) is 0. The van der Waals surface area contributed by atoms with Crippen LogP contribution in [0, 0.1) is 0 Å². The van der Waals surface area contributed by atoms with Crippen molar-refractivity contribution in [1.82, 2.24) is 5.32 Å². The Morgan fingerprint density at radius 3 is 2.37 bits per heavy atom. The van der Waals surface area contributed by atoms with Crippen LogP contribution in [-0.4, -0.2) is 0 Å². The van der Waals surface area contributed by atoms with Gasteiger partial charge in [0.2, 0.25) is 0 Å². The topological polar surface area (TPSA) is 12.0 Å². The molecule has 0 spiro atoms. The van der Waals surface area contributed by atoms with Crippen LogP contribution >= 0.6 is 43.5 Å². The van der Waals surface area contributed by atoms with Gasteiger partial charge in [-0.3, -0.25) is 0 Å². The zero-order valence-corrected chi connectivity index (χ0v) is 14.4. The van der Waals surface area contributed by atoms with Crippen molar-refractivity contribution in [2.45, 2.75) is 19.5 Å². The predicted octanol–water partition coefficient (Wildman–Crippen LogP) is 5.72. The summed E-state index contributed by atoms with van der Waals surface area (Å²) in [7, 11) is 0. The number of hydrogen-bond donors (Lipinski definition) is 1. The highest BCUT2D eigenvalue weighted by atomic mass is 79.9. The van der Waals surface area contributed by atoms with Crippen molar-refractivity contribution in [3.05, 3.63) is 67.6 Å². The lowest BCUT2D eigenvalue weighted by Crippen LogP contribution is -2.17. The van der Waals surface area contributed by atoms with Crippen molar-refractivity contribution < 1.29 is 0 Å². The van der Waals surface area contributed by atoms with Crippen LogP contribution in [0.15, 0.2) is 51.4 Å². The molecule has 1 N–H and O–H groups in total. The van der Waals surface area contributed by atoms with E-state index in [-0.39, 0.29) is 0 Å². The fourth-order valence-electron chi connectivity index (χ4n) is 1.79. The standard InChI is InChI=1S/C15H14Br2ClN/c1-10(12-3-5-13(18)6-4-12)19-9-11-2-7-14(16)15(17)8-11/h2-8,10,19H,9H2,1H3/t10-/m0/s1. The zero-order chi connectivity index (χ0) is 13.8. The molecule has 0 radical (unpaired) electrons. The maximum atomic E-state index is 5.89. The number of rotatable bonds is 4. The Labute approximate surface area is 135 Å². The minimum absolute atomic E-state index is 0.291. The Morgan fingerprint density at radius 1 is 1.05 bits per heavy atom. The third-order valence-electron chi connectivity index (χ3n) is 2.97. The summed E-state index contributed by atoms with van der Waals surface area (Å²) in [5.41, 5.74) is 2.48. The van der Waals surface area contributed by atoms with Gasteiger partial charge in [-0.15, -0.1) is 0 Å². The van der Waals surface area contributed by atoms with Crippen LogP contribution in [0.3, 0.4) is 0 Å². The van der Waals surface area contributed by atoms with Crippen molar-refractivity contribution >= 4 is 43.5 Å². The molecule has 2 rings (SSSR count). The van der Waals surface area contributed by atoms with Crippen LogP contribution in [0.25, 0.3) is 0 Å². The molecule has 100 valence electrons. The molecule has 0 bridgehead atoms. The molecule has 0 saturated heterocycles. The van der Waals surface area contributed by atoms with Crippen LogP contribution in [-0.2, 0) is 6.54 Å². The monoisotopic (exact) mass is 401 g/mol. The minimum Gasteiger partial charge on any atom is -0.306 e. The first-order valence-corrected chi connectivity index (χ1v) is 7.95. The van der Waals surface area contributed by atoms with Crippen molar-refractivity contribution in [3.8, 4) is 0 Å². The van der Waals surface area contributed by atoms with Gasteiger partial charge in [0, 0.05) is 26.6 Å². The van der Waals surface area contributed by atoms with E-state index in [2.05, 4.69) is 68.4 Å². The van der Waals surface area contributed by atoms with E-state index in [0.717, 1.165) is 20.5 Å². The summed E-state index contributed by atoms with van der Waals surface area (Å²) in [5, 5.41) is 4.27. The van der Waals surface area contributed by atoms with Crippen molar-refractivity contribution in [3.63, 3.8) is 0 Å². The first kappa shape index (κ1) is 15.0. The molecule has 2 aromatic carbocycles. The quantitative estimate of drug-likeness (QED) is 0.689. The first-order chi connectivity index (χ1) is 9.06. The normalized spacial score (nSPS) is 12.4. The second-order valence-corrected chi connectivity index (χ2v) is 6.55. The smallest absolute Gasteiger partial charge is 0.0406 e. The molecule has 0 aliphatic carbocycles. The maximum absolute atomic E-state index is 5.89. The van der Waals surface area contributed by atoms with Gasteiger partial charge in [-0.05, 0) is 74.2 Å². The van der Waals surface area contributed by atoms with E-state index < -0.39 is 0 Å². The molecule has 0 heterocycles. The van der Waals surface area contributed by atoms with Crippen molar-refractivity contribution in [2.24, 2.45) is 0 Å². The first-order valence-electron chi connectivity index (χ1n) is 5.99. The molecule has 0 amide bonds. The molecule has 4 heteroatoms. The van der Waals surface area contributed by atoms with E-state index in [0.29, 0.717) is 6.04 Å². The summed E-state index contributed by atoms with van der Waals surface area (Å²) < 4.78 is 2.15. The lowest BCUT2D eigenvalue weighted by molar-refractivity contribution is 0.574. The second kappa shape index (κ2) is 6.89. The second-order valence-electron chi connectivity index (χ2n) is 4.40. The van der Waals surface area contributed by atoms with Gasteiger partial charge in [-0.25, -0.2) is 0 Å². The highest BCUT2D eigenvalue weighted by Gasteiger charge is 2.05. The van der Waals surface area contributed by atoms with Gasteiger partial charge >= 0.3 is 0 Å². The Balaban J connectivity index is 1.98. The van der Waals surface area contributed by atoms with E-state index in [1.165, 1.54) is 11.1 Å².